The second-order valence-electron chi connectivity index (χ2n) is 9.34. The first kappa shape index (κ1) is 24.6. The number of benzene rings is 3. The fourth-order valence-corrected chi connectivity index (χ4v) is 3.85. The fourth-order valence-electron chi connectivity index (χ4n) is 3.85. The van der Waals surface area contributed by atoms with E-state index in [2.05, 4.69) is 10.6 Å². The van der Waals surface area contributed by atoms with Crippen LogP contribution in [0.25, 0.3) is 0 Å². The lowest BCUT2D eigenvalue weighted by Gasteiger charge is -2.19. The number of hydrogen-bond donors (Lipinski definition) is 2. The Hall–Kier alpha value is -4.53. The smallest absolute Gasteiger partial charge is 0.407 e. The quantitative estimate of drug-likeness (QED) is 0.271. The minimum atomic E-state index is -0.809. The topological polar surface area (TPSA) is 123 Å². The van der Waals surface area contributed by atoms with E-state index in [0.29, 0.717) is 22.6 Å². The monoisotopic (exact) mass is 486 g/mol. The Morgan fingerprint density at radius 2 is 1.78 bits per heavy atom. The number of hydrogen-bond acceptors (Lipinski definition) is 6. The molecule has 1 heterocycles. The lowest BCUT2D eigenvalue weighted by molar-refractivity contribution is -0.384. The van der Waals surface area contributed by atoms with Gasteiger partial charge in [0.1, 0.15) is 11.5 Å². The molecule has 9 heteroatoms. The third-order valence-corrected chi connectivity index (χ3v) is 5.44. The van der Waals surface area contributed by atoms with Gasteiger partial charge in [0.25, 0.3) is 5.69 Å². The van der Waals surface area contributed by atoms with Gasteiger partial charge in [-0.2, -0.15) is 0 Å². The maximum atomic E-state index is 13.0. The molecule has 36 heavy (non-hydrogen) atoms. The van der Waals surface area contributed by atoms with Gasteiger partial charge < -0.3 is 15.4 Å². The maximum absolute atomic E-state index is 13.0. The number of carbonyl (C=O) groups excluding carboxylic acids is 2. The second-order valence-corrected chi connectivity index (χ2v) is 9.34. The van der Waals surface area contributed by atoms with Gasteiger partial charge >= 0.3 is 6.09 Å². The number of nitrogens with zero attached hydrogens (tertiary/aromatic N) is 2. The largest absolute Gasteiger partial charge is 0.444 e. The fraction of sp³-hybridized carbons (Fsp3) is 0.222. The predicted molar refractivity (Wildman–Crippen MR) is 137 cm³/mol. The molecule has 1 aliphatic heterocycles. The van der Waals surface area contributed by atoms with E-state index in [0.717, 1.165) is 11.1 Å². The molecular formula is C27H26N4O5. The Kier molecular flexibility index (Phi) is 6.82. The van der Waals surface area contributed by atoms with Crippen LogP contribution < -0.4 is 10.6 Å². The molecule has 0 aromatic heterocycles. The van der Waals surface area contributed by atoms with E-state index in [9.17, 15) is 19.7 Å². The van der Waals surface area contributed by atoms with Crippen molar-refractivity contribution in [3.05, 3.63) is 99.6 Å². The van der Waals surface area contributed by atoms with Crippen LogP contribution in [0, 0.1) is 10.1 Å². The molecule has 184 valence electrons. The number of anilines is 1. The molecule has 4 rings (SSSR count). The van der Waals surface area contributed by atoms with Gasteiger partial charge in [-0.15, -0.1) is 0 Å². The molecule has 2 amide bonds. The molecule has 0 saturated carbocycles. The molecule has 3 aromatic rings. The van der Waals surface area contributed by atoms with Crippen LogP contribution in [0.5, 0.6) is 0 Å². The summed E-state index contributed by atoms with van der Waals surface area (Å²) >= 11 is 0. The van der Waals surface area contributed by atoms with Gasteiger partial charge in [0.2, 0.25) is 5.91 Å². The molecule has 0 spiro atoms. The van der Waals surface area contributed by atoms with Crippen molar-refractivity contribution in [3.63, 3.8) is 0 Å². The highest BCUT2D eigenvalue weighted by Crippen LogP contribution is 2.38. The third kappa shape index (κ3) is 5.75. The van der Waals surface area contributed by atoms with Gasteiger partial charge in [-0.25, -0.2) is 4.79 Å². The SMILES string of the molecule is CC(C)(C)OC(=O)NCc1ccc(N=C(c2ccccc2)C2C(=O)Nc3ccc([N+](=O)[O-])cc32)cc1. The van der Waals surface area contributed by atoms with E-state index in [1.165, 1.54) is 12.1 Å². The van der Waals surface area contributed by atoms with Gasteiger partial charge in [0, 0.05) is 29.9 Å². The van der Waals surface area contributed by atoms with Crippen molar-refractivity contribution in [1.29, 1.82) is 0 Å². The third-order valence-electron chi connectivity index (χ3n) is 5.44. The van der Waals surface area contributed by atoms with E-state index >= 15 is 0 Å². The Bertz CT molecular complexity index is 1330. The molecule has 2 N–H and O–H groups in total. The molecule has 0 bridgehead atoms. The molecule has 1 unspecified atom stereocenters. The highest BCUT2D eigenvalue weighted by molar-refractivity contribution is 6.24. The molecule has 0 saturated heterocycles. The number of rotatable bonds is 6. The van der Waals surface area contributed by atoms with Gasteiger partial charge in [0.15, 0.2) is 0 Å². The summed E-state index contributed by atoms with van der Waals surface area (Å²) in [6, 6.07) is 20.8. The average Bonchev–Trinajstić information content (AvgIpc) is 3.16. The van der Waals surface area contributed by atoms with Crippen LogP contribution in [0.2, 0.25) is 0 Å². The van der Waals surface area contributed by atoms with Crippen molar-refractivity contribution in [3.8, 4) is 0 Å². The summed E-state index contributed by atoms with van der Waals surface area (Å²) in [4.78, 5) is 40.6. The number of nitro benzene ring substituents is 1. The molecule has 1 aliphatic rings. The van der Waals surface area contributed by atoms with Crippen molar-refractivity contribution >= 4 is 34.8 Å². The van der Waals surface area contributed by atoms with Crippen molar-refractivity contribution in [1.82, 2.24) is 5.32 Å². The molecule has 0 fully saturated rings. The lowest BCUT2D eigenvalue weighted by Crippen LogP contribution is -2.32. The van der Waals surface area contributed by atoms with Crippen LogP contribution in [0.4, 0.5) is 21.9 Å². The van der Waals surface area contributed by atoms with Crippen LogP contribution in [-0.4, -0.2) is 28.2 Å². The molecule has 0 aliphatic carbocycles. The van der Waals surface area contributed by atoms with Gasteiger partial charge in [-0.1, -0.05) is 42.5 Å². The van der Waals surface area contributed by atoms with Crippen LogP contribution in [0.1, 0.15) is 43.4 Å². The zero-order valence-electron chi connectivity index (χ0n) is 20.1. The summed E-state index contributed by atoms with van der Waals surface area (Å²) in [5.41, 5.74) is 3.02. The van der Waals surface area contributed by atoms with Crippen LogP contribution in [-0.2, 0) is 16.1 Å². The first-order valence-corrected chi connectivity index (χ1v) is 11.4. The van der Waals surface area contributed by atoms with Gasteiger partial charge in [-0.3, -0.25) is 19.9 Å². The Labute approximate surface area is 208 Å². The number of carbonyl (C=O) groups is 2. The number of amides is 2. The molecule has 1 atom stereocenters. The highest BCUT2D eigenvalue weighted by Gasteiger charge is 2.36. The minimum absolute atomic E-state index is 0.0931. The number of ether oxygens (including phenoxy) is 1. The van der Waals surface area contributed by atoms with Gasteiger partial charge in [0.05, 0.1) is 16.3 Å². The zero-order valence-corrected chi connectivity index (χ0v) is 20.1. The molecular weight excluding hydrogens is 460 g/mol. The summed E-state index contributed by atoms with van der Waals surface area (Å²) in [6.07, 6.45) is -0.504. The summed E-state index contributed by atoms with van der Waals surface area (Å²) in [5.74, 6) is -1.11. The number of aliphatic imine (C=N–C) groups is 1. The van der Waals surface area contributed by atoms with Crippen molar-refractivity contribution in [2.24, 2.45) is 4.99 Å². The summed E-state index contributed by atoms with van der Waals surface area (Å²) in [6.45, 7) is 5.67. The Balaban J connectivity index is 1.64. The molecule has 0 radical (unpaired) electrons. The zero-order chi connectivity index (χ0) is 25.9. The number of nitrogens with one attached hydrogen (secondary N) is 2. The van der Waals surface area contributed by atoms with Crippen LogP contribution in [0.15, 0.2) is 77.8 Å². The first-order valence-electron chi connectivity index (χ1n) is 11.4. The molecule has 9 nitrogen and oxygen atoms in total. The standard InChI is InChI=1S/C27H26N4O5/c1-27(2,3)36-26(33)28-16-17-9-11-19(12-10-17)29-24(18-7-5-4-6-8-18)23-21-15-20(31(34)35)13-14-22(21)30-25(23)32/h4-15,23H,16H2,1-3H3,(H,28,33)(H,30,32). The van der Waals surface area contributed by atoms with E-state index < -0.39 is 22.5 Å². The maximum Gasteiger partial charge on any atom is 0.407 e. The minimum Gasteiger partial charge on any atom is -0.444 e. The molecule has 3 aromatic carbocycles. The summed E-state index contributed by atoms with van der Waals surface area (Å²) in [5, 5.41) is 16.9. The van der Waals surface area contributed by atoms with Crippen molar-refractivity contribution < 1.29 is 19.2 Å². The summed E-state index contributed by atoms with van der Waals surface area (Å²) in [7, 11) is 0. The normalized spacial score (nSPS) is 15.1. The average molecular weight is 487 g/mol. The Morgan fingerprint density at radius 1 is 1.08 bits per heavy atom. The predicted octanol–water partition coefficient (Wildman–Crippen LogP) is 5.48. The number of nitro groups is 1. The van der Waals surface area contributed by atoms with Crippen LogP contribution >= 0.6 is 0 Å². The number of fused-ring (bicyclic) bond motifs is 1. The van der Waals surface area contributed by atoms with Crippen LogP contribution in [0.3, 0.4) is 0 Å². The van der Waals surface area contributed by atoms with E-state index in [1.807, 2.05) is 42.5 Å². The van der Waals surface area contributed by atoms with Gasteiger partial charge in [-0.05, 0) is 50.1 Å². The van der Waals surface area contributed by atoms with E-state index in [-0.39, 0.29) is 18.1 Å². The second kappa shape index (κ2) is 9.99. The van der Waals surface area contributed by atoms with E-state index in [1.54, 1.807) is 39.0 Å². The summed E-state index contributed by atoms with van der Waals surface area (Å²) < 4.78 is 5.25. The van der Waals surface area contributed by atoms with Crippen molar-refractivity contribution in [2.45, 2.75) is 38.8 Å². The lowest BCUT2D eigenvalue weighted by atomic mass is 9.90. The Morgan fingerprint density at radius 3 is 2.42 bits per heavy atom. The number of non-ortho nitro benzene ring substituents is 1. The van der Waals surface area contributed by atoms with Crippen molar-refractivity contribution in [2.75, 3.05) is 5.32 Å². The number of alkyl carbamates (subject to hydrolysis) is 1. The highest BCUT2D eigenvalue weighted by atomic mass is 16.6. The first-order chi connectivity index (χ1) is 17.1. The van der Waals surface area contributed by atoms with E-state index in [4.69, 9.17) is 9.73 Å².